The highest BCUT2D eigenvalue weighted by molar-refractivity contribution is 7.89. The fourth-order valence-corrected chi connectivity index (χ4v) is 5.00. The zero-order valence-corrected chi connectivity index (χ0v) is 13.3. The molecule has 5 heteroatoms. The van der Waals surface area contributed by atoms with Gasteiger partial charge in [0.25, 0.3) is 0 Å². The summed E-state index contributed by atoms with van der Waals surface area (Å²) in [6.45, 7) is 3.62. The van der Waals surface area contributed by atoms with Gasteiger partial charge in [0.2, 0.25) is 10.0 Å². The van der Waals surface area contributed by atoms with Crippen LogP contribution in [-0.4, -0.2) is 25.8 Å². The number of sulfonamides is 1. The van der Waals surface area contributed by atoms with Crippen LogP contribution in [0.2, 0.25) is 0 Å². The Morgan fingerprint density at radius 3 is 2.10 bits per heavy atom. The first-order valence-electron chi connectivity index (χ1n) is 7.19. The second-order valence-corrected chi connectivity index (χ2v) is 7.73. The van der Waals surface area contributed by atoms with E-state index in [1.807, 2.05) is 13.8 Å². The molecule has 0 amide bonds. The van der Waals surface area contributed by atoms with E-state index in [0.29, 0.717) is 10.6 Å². The molecule has 0 aliphatic heterocycles. The number of hydrogen-bond donors (Lipinski definition) is 1. The van der Waals surface area contributed by atoms with E-state index >= 15 is 0 Å². The van der Waals surface area contributed by atoms with E-state index in [1.165, 1.54) is 6.42 Å². The van der Waals surface area contributed by atoms with Crippen molar-refractivity contribution in [2.24, 2.45) is 0 Å². The smallest absolute Gasteiger partial charge is 0.243 e. The van der Waals surface area contributed by atoms with Gasteiger partial charge in [-0.25, -0.2) is 8.42 Å². The predicted molar refractivity (Wildman–Crippen MR) is 82.2 cm³/mol. The summed E-state index contributed by atoms with van der Waals surface area (Å²) in [7, 11) is -1.73. The molecule has 0 radical (unpaired) electrons. The van der Waals surface area contributed by atoms with Crippen LogP contribution in [0, 0.1) is 13.8 Å². The molecule has 1 aliphatic rings. The van der Waals surface area contributed by atoms with E-state index in [2.05, 4.69) is 0 Å². The molecule has 2 N–H and O–H groups in total. The number of nitrogens with two attached hydrogens (primary N) is 1. The molecule has 0 heterocycles. The Labute approximate surface area is 122 Å². The van der Waals surface area contributed by atoms with Crippen molar-refractivity contribution in [2.75, 3.05) is 12.8 Å². The lowest BCUT2D eigenvalue weighted by Gasteiger charge is -2.31. The molecule has 0 bridgehead atoms. The molecule has 112 valence electrons. The highest BCUT2D eigenvalue weighted by Gasteiger charge is 2.31. The number of rotatable bonds is 3. The van der Waals surface area contributed by atoms with Gasteiger partial charge < -0.3 is 5.73 Å². The third-order valence-electron chi connectivity index (χ3n) is 4.21. The van der Waals surface area contributed by atoms with Crippen LogP contribution in [0.15, 0.2) is 17.0 Å². The summed E-state index contributed by atoms with van der Waals surface area (Å²) in [5, 5.41) is 0. The first-order valence-corrected chi connectivity index (χ1v) is 8.63. The van der Waals surface area contributed by atoms with Gasteiger partial charge in [0, 0.05) is 18.8 Å². The maximum atomic E-state index is 12.9. The van der Waals surface area contributed by atoms with E-state index in [0.717, 1.165) is 36.8 Å². The third kappa shape index (κ3) is 2.83. The highest BCUT2D eigenvalue weighted by Crippen LogP contribution is 2.30. The normalized spacial score (nSPS) is 17.6. The number of anilines is 1. The number of benzene rings is 1. The van der Waals surface area contributed by atoms with E-state index in [-0.39, 0.29) is 6.04 Å². The van der Waals surface area contributed by atoms with Gasteiger partial charge in [-0.3, -0.25) is 0 Å². The van der Waals surface area contributed by atoms with E-state index < -0.39 is 10.0 Å². The van der Waals surface area contributed by atoms with Crippen molar-refractivity contribution in [3.8, 4) is 0 Å². The Balaban J connectivity index is 2.39. The minimum atomic E-state index is -3.44. The Bertz CT molecular complexity index is 567. The van der Waals surface area contributed by atoms with Crippen molar-refractivity contribution < 1.29 is 8.42 Å². The number of nitrogen functional groups attached to an aromatic ring is 1. The van der Waals surface area contributed by atoms with Crippen molar-refractivity contribution >= 4 is 15.7 Å². The lowest BCUT2D eigenvalue weighted by atomic mass is 9.96. The van der Waals surface area contributed by atoms with E-state index in [1.54, 1.807) is 23.5 Å². The molecule has 0 saturated heterocycles. The Kier molecular flexibility index (Phi) is 4.39. The monoisotopic (exact) mass is 296 g/mol. The van der Waals surface area contributed by atoms with Crippen LogP contribution in [0.4, 0.5) is 5.69 Å². The van der Waals surface area contributed by atoms with Crippen LogP contribution < -0.4 is 5.73 Å². The van der Waals surface area contributed by atoms with Crippen LogP contribution >= 0.6 is 0 Å². The van der Waals surface area contributed by atoms with Crippen LogP contribution in [0.3, 0.4) is 0 Å². The lowest BCUT2D eigenvalue weighted by Crippen LogP contribution is -2.38. The molecule has 0 atom stereocenters. The number of aryl methyl sites for hydroxylation is 2. The van der Waals surface area contributed by atoms with Gasteiger partial charge in [-0.1, -0.05) is 19.3 Å². The van der Waals surface area contributed by atoms with Gasteiger partial charge in [0.15, 0.2) is 0 Å². The minimum Gasteiger partial charge on any atom is -0.399 e. The quantitative estimate of drug-likeness (QED) is 0.872. The van der Waals surface area contributed by atoms with Gasteiger partial charge in [-0.05, 0) is 49.9 Å². The second-order valence-electron chi connectivity index (χ2n) is 5.80. The van der Waals surface area contributed by atoms with Crippen molar-refractivity contribution in [3.63, 3.8) is 0 Å². The third-order valence-corrected chi connectivity index (χ3v) is 6.42. The standard InChI is InChI=1S/C15H24N2O2S/c1-11-9-13(16)10-12(2)15(11)20(18,19)17(3)14-7-5-4-6-8-14/h9-10,14H,4-8,16H2,1-3H3. The van der Waals surface area contributed by atoms with E-state index in [9.17, 15) is 8.42 Å². The van der Waals surface area contributed by atoms with Crippen molar-refractivity contribution in [3.05, 3.63) is 23.3 Å². The minimum absolute atomic E-state index is 0.130. The topological polar surface area (TPSA) is 63.4 Å². The summed E-state index contributed by atoms with van der Waals surface area (Å²) >= 11 is 0. The van der Waals surface area contributed by atoms with Gasteiger partial charge in [0.05, 0.1) is 4.90 Å². The van der Waals surface area contributed by atoms with Crippen LogP contribution in [-0.2, 0) is 10.0 Å². The van der Waals surface area contributed by atoms with Gasteiger partial charge in [-0.15, -0.1) is 0 Å². The molecule has 1 aliphatic carbocycles. The highest BCUT2D eigenvalue weighted by atomic mass is 32.2. The average molecular weight is 296 g/mol. The largest absolute Gasteiger partial charge is 0.399 e. The number of nitrogens with zero attached hydrogens (tertiary/aromatic N) is 1. The molecule has 0 unspecified atom stereocenters. The second kappa shape index (κ2) is 5.74. The Morgan fingerprint density at radius 2 is 1.60 bits per heavy atom. The summed E-state index contributed by atoms with van der Waals surface area (Å²) in [5.74, 6) is 0. The van der Waals surface area contributed by atoms with Crippen molar-refractivity contribution in [1.82, 2.24) is 4.31 Å². The van der Waals surface area contributed by atoms with Crippen LogP contribution in [0.25, 0.3) is 0 Å². The molecule has 0 aromatic heterocycles. The molecule has 1 fully saturated rings. The van der Waals surface area contributed by atoms with Crippen LogP contribution in [0.1, 0.15) is 43.2 Å². The Morgan fingerprint density at radius 1 is 1.10 bits per heavy atom. The molecule has 1 aromatic rings. The van der Waals surface area contributed by atoms with Gasteiger partial charge >= 0.3 is 0 Å². The summed E-state index contributed by atoms with van der Waals surface area (Å²) in [6, 6.07) is 3.59. The molecule has 0 spiro atoms. The molecular weight excluding hydrogens is 272 g/mol. The molecule has 1 saturated carbocycles. The predicted octanol–water partition coefficient (Wildman–Crippen LogP) is 2.84. The van der Waals surface area contributed by atoms with Gasteiger partial charge in [0.1, 0.15) is 0 Å². The fourth-order valence-electron chi connectivity index (χ4n) is 3.18. The van der Waals surface area contributed by atoms with E-state index in [4.69, 9.17) is 5.73 Å². The first kappa shape index (κ1) is 15.3. The first-order chi connectivity index (χ1) is 9.34. The fraction of sp³-hybridized carbons (Fsp3) is 0.600. The van der Waals surface area contributed by atoms with Gasteiger partial charge in [-0.2, -0.15) is 4.31 Å². The molecule has 1 aromatic carbocycles. The lowest BCUT2D eigenvalue weighted by molar-refractivity contribution is 0.285. The maximum absolute atomic E-state index is 12.9. The maximum Gasteiger partial charge on any atom is 0.243 e. The summed E-state index contributed by atoms with van der Waals surface area (Å²) < 4.78 is 27.3. The number of hydrogen-bond acceptors (Lipinski definition) is 3. The SMILES string of the molecule is Cc1cc(N)cc(C)c1S(=O)(=O)N(C)C1CCCCC1. The molecule has 4 nitrogen and oxygen atoms in total. The van der Waals surface area contributed by atoms with Crippen molar-refractivity contribution in [1.29, 1.82) is 0 Å². The molecule has 20 heavy (non-hydrogen) atoms. The van der Waals surface area contributed by atoms with Crippen LogP contribution in [0.5, 0.6) is 0 Å². The van der Waals surface area contributed by atoms with Crippen molar-refractivity contribution in [2.45, 2.75) is 56.9 Å². The zero-order chi connectivity index (χ0) is 14.9. The zero-order valence-electron chi connectivity index (χ0n) is 12.5. The Hall–Kier alpha value is -1.07. The summed E-state index contributed by atoms with van der Waals surface area (Å²) in [4.78, 5) is 0.416. The average Bonchev–Trinajstić information content (AvgIpc) is 2.37. The summed E-state index contributed by atoms with van der Waals surface area (Å²) in [5.41, 5.74) is 7.85. The molecular formula is C15H24N2O2S. The molecule has 2 rings (SSSR count). The summed E-state index contributed by atoms with van der Waals surface area (Å²) in [6.07, 6.45) is 5.37.